The summed E-state index contributed by atoms with van der Waals surface area (Å²) in [5, 5.41) is 9.58. The number of rotatable bonds is 6. The van der Waals surface area contributed by atoms with Crippen molar-refractivity contribution in [3.05, 3.63) is 66.0 Å². The molecule has 0 aliphatic carbocycles. The fourth-order valence-corrected chi connectivity index (χ4v) is 3.19. The Bertz CT molecular complexity index is 872. The van der Waals surface area contributed by atoms with Crippen molar-refractivity contribution in [2.75, 3.05) is 13.2 Å². The minimum atomic E-state index is 0.265. The first-order chi connectivity index (χ1) is 12.6. The van der Waals surface area contributed by atoms with Crippen molar-refractivity contribution in [2.24, 2.45) is 5.73 Å². The van der Waals surface area contributed by atoms with Crippen LogP contribution in [0.4, 0.5) is 0 Å². The van der Waals surface area contributed by atoms with Gasteiger partial charge < -0.3 is 15.6 Å². The quantitative estimate of drug-likeness (QED) is 0.696. The second-order valence-corrected chi connectivity index (χ2v) is 6.17. The fraction of sp³-hybridized carbons (Fsp3) is 0.227. The molecule has 3 rings (SSSR count). The second-order valence-electron chi connectivity index (χ2n) is 6.17. The van der Waals surface area contributed by atoms with E-state index in [1.807, 2.05) is 37.4 Å². The molecular weight excluding hydrogens is 324 g/mol. The van der Waals surface area contributed by atoms with Crippen molar-refractivity contribution >= 4 is 0 Å². The molecule has 2 aromatic carbocycles. The molecule has 0 amide bonds. The molecule has 4 heteroatoms. The number of phenols is 1. The van der Waals surface area contributed by atoms with Crippen molar-refractivity contribution in [3.63, 3.8) is 0 Å². The molecule has 3 N–H and O–H groups in total. The molecule has 134 valence electrons. The Morgan fingerprint density at radius 2 is 1.65 bits per heavy atom. The van der Waals surface area contributed by atoms with Crippen LogP contribution in [0.3, 0.4) is 0 Å². The molecule has 0 atom stereocenters. The highest BCUT2D eigenvalue weighted by atomic mass is 16.5. The maximum atomic E-state index is 9.58. The summed E-state index contributed by atoms with van der Waals surface area (Å²) in [5.41, 5.74) is 12.1. The average molecular weight is 348 g/mol. The molecule has 0 bridgehead atoms. The fourth-order valence-electron chi connectivity index (χ4n) is 3.19. The summed E-state index contributed by atoms with van der Waals surface area (Å²) in [4.78, 5) is 4.62. The van der Waals surface area contributed by atoms with E-state index in [-0.39, 0.29) is 5.75 Å². The van der Waals surface area contributed by atoms with E-state index < -0.39 is 0 Å². The van der Waals surface area contributed by atoms with Gasteiger partial charge in [-0.3, -0.25) is 4.98 Å². The standard InChI is InChI=1S/C22H24N2O2/c1-3-20-21(16-6-10-19(11-7-16)26-13-12-23)14-24-15(2)22(20)17-4-8-18(25)9-5-17/h4-11,14,25H,3,12-13,23H2,1-2H3. The number of nitrogens with two attached hydrogens (primary N) is 1. The second kappa shape index (κ2) is 8.02. The molecule has 0 saturated heterocycles. The van der Waals surface area contributed by atoms with Gasteiger partial charge in [-0.05, 0) is 54.3 Å². The third-order valence-corrected chi connectivity index (χ3v) is 4.44. The van der Waals surface area contributed by atoms with Crippen molar-refractivity contribution in [2.45, 2.75) is 20.3 Å². The minimum Gasteiger partial charge on any atom is -0.508 e. The SMILES string of the molecule is CCc1c(-c2ccc(OCCN)cc2)cnc(C)c1-c1ccc(O)cc1. The first-order valence-electron chi connectivity index (χ1n) is 8.85. The smallest absolute Gasteiger partial charge is 0.119 e. The van der Waals surface area contributed by atoms with E-state index in [1.165, 1.54) is 5.56 Å². The summed E-state index contributed by atoms with van der Waals surface area (Å²) in [6.45, 7) is 5.19. The van der Waals surface area contributed by atoms with Gasteiger partial charge in [-0.1, -0.05) is 31.2 Å². The number of pyridine rings is 1. The van der Waals surface area contributed by atoms with E-state index in [2.05, 4.69) is 24.0 Å². The lowest BCUT2D eigenvalue weighted by Gasteiger charge is -2.16. The predicted molar refractivity (Wildman–Crippen MR) is 105 cm³/mol. The topological polar surface area (TPSA) is 68.4 Å². The Morgan fingerprint density at radius 1 is 1.00 bits per heavy atom. The number of aromatic hydroxyl groups is 1. The summed E-state index contributed by atoms with van der Waals surface area (Å²) in [6.07, 6.45) is 2.83. The minimum absolute atomic E-state index is 0.265. The van der Waals surface area contributed by atoms with Crippen LogP contribution in [-0.2, 0) is 6.42 Å². The summed E-state index contributed by atoms with van der Waals surface area (Å²) >= 11 is 0. The third-order valence-electron chi connectivity index (χ3n) is 4.44. The summed E-state index contributed by atoms with van der Waals surface area (Å²) in [5.74, 6) is 1.08. The first-order valence-corrected chi connectivity index (χ1v) is 8.85. The molecule has 0 aliphatic heterocycles. The van der Waals surface area contributed by atoms with Gasteiger partial charge in [0, 0.05) is 29.6 Å². The molecule has 0 aliphatic rings. The van der Waals surface area contributed by atoms with E-state index in [4.69, 9.17) is 10.5 Å². The molecule has 0 spiro atoms. The Balaban J connectivity index is 2.05. The van der Waals surface area contributed by atoms with Crippen LogP contribution in [-0.4, -0.2) is 23.2 Å². The van der Waals surface area contributed by atoms with E-state index in [9.17, 15) is 5.11 Å². The van der Waals surface area contributed by atoms with Gasteiger partial charge in [-0.2, -0.15) is 0 Å². The predicted octanol–water partition coefficient (Wildman–Crippen LogP) is 4.33. The lowest BCUT2D eigenvalue weighted by molar-refractivity contribution is 0.328. The Labute approximate surface area is 154 Å². The number of aromatic nitrogens is 1. The van der Waals surface area contributed by atoms with Crippen LogP contribution in [0.15, 0.2) is 54.7 Å². The number of hydrogen-bond donors (Lipinski definition) is 2. The van der Waals surface area contributed by atoms with Gasteiger partial charge in [0.2, 0.25) is 0 Å². The van der Waals surface area contributed by atoms with Gasteiger partial charge in [0.25, 0.3) is 0 Å². The number of phenolic OH excluding ortho intramolecular Hbond substituents is 1. The Kier molecular flexibility index (Phi) is 5.54. The number of nitrogens with zero attached hydrogens (tertiary/aromatic N) is 1. The highest BCUT2D eigenvalue weighted by Gasteiger charge is 2.14. The molecule has 3 aromatic rings. The largest absolute Gasteiger partial charge is 0.508 e. The zero-order valence-corrected chi connectivity index (χ0v) is 15.2. The average Bonchev–Trinajstić information content (AvgIpc) is 2.67. The Morgan fingerprint density at radius 3 is 2.27 bits per heavy atom. The highest BCUT2D eigenvalue weighted by Crippen LogP contribution is 2.35. The van der Waals surface area contributed by atoms with Gasteiger partial charge in [-0.15, -0.1) is 0 Å². The van der Waals surface area contributed by atoms with Crippen molar-refractivity contribution in [1.29, 1.82) is 0 Å². The van der Waals surface area contributed by atoms with Crippen LogP contribution in [0.1, 0.15) is 18.2 Å². The normalized spacial score (nSPS) is 10.7. The van der Waals surface area contributed by atoms with Gasteiger partial charge in [-0.25, -0.2) is 0 Å². The summed E-state index contributed by atoms with van der Waals surface area (Å²) in [7, 11) is 0. The molecular formula is C22H24N2O2. The number of ether oxygens (including phenoxy) is 1. The van der Waals surface area contributed by atoms with E-state index in [0.29, 0.717) is 13.2 Å². The van der Waals surface area contributed by atoms with Crippen molar-refractivity contribution in [1.82, 2.24) is 4.98 Å². The van der Waals surface area contributed by atoms with Gasteiger partial charge in [0.1, 0.15) is 18.1 Å². The molecule has 1 aromatic heterocycles. The lowest BCUT2D eigenvalue weighted by Crippen LogP contribution is -2.10. The maximum absolute atomic E-state index is 9.58. The van der Waals surface area contributed by atoms with E-state index in [1.54, 1.807) is 12.1 Å². The zero-order chi connectivity index (χ0) is 18.5. The van der Waals surface area contributed by atoms with Crippen LogP contribution in [0.5, 0.6) is 11.5 Å². The van der Waals surface area contributed by atoms with Crippen molar-refractivity contribution in [3.8, 4) is 33.8 Å². The Hall–Kier alpha value is -2.85. The van der Waals surface area contributed by atoms with Crippen LogP contribution >= 0.6 is 0 Å². The maximum Gasteiger partial charge on any atom is 0.119 e. The van der Waals surface area contributed by atoms with E-state index in [0.717, 1.165) is 40.1 Å². The molecule has 26 heavy (non-hydrogen) atoms. The summed E-state index contributed by atoms with van der Waals surface area (Å²) in [6, 6.07) is 15.3. The van der Waals surface area contributed by atoms with Crippen LogP contribution in [0.2, 0.25) is 0 Å². The first kappa shape index (κ1) is 18.0. The molecule has 0 saturated carbocycles. The molecule has 0 radical (unpaired) electrons. The van der Waals surface area contributed by atoms with Gasteiger partial charge >= 0.3 is 0 Å². The van der Waals surface area contributed by atoms with Crippen LogP contribution in [0.25, 0.3) is 22.3 Å². The number of benzene rings is 2. The van der Waals surface area contributed by atoms with Crippen LogP contribution in [0, 0.1) is 6.92 Å². The zero-order valence-electron chi connectivity index (χ0n) is 15.2. The molecule has 0 unspecified atom stereocenters. The third kappa shape index (κ3) is 3.70. The summed E-state index contributed by atoms with van der Waals surface area (Å²) < 4.78 is 5.56. The lowest BCUT2D eigenvalue weighted by atomic mass is 9.90. The molecule has 1 heterocycles. The number of hydrogen-bond acceptors (Lipinski definition) is 4. The highest BCUT2D eigenvalue weighted by molar-refractivity contribution is 5.79. The number of aryl methyl sites for hydroxylation is 1. The van der Waals surface area contributed by atoms with Gasteiger partial charge in [0.05, 0.1) is 0 Å². The van der Waals surface area contributed by atoms with E-state index >= 15 is 0 Å². The monoisotopic (exact) mass is 348 g/mol. The van der Waals surface area contributed by atoms with Gasteiger partial charge in [0.15, 0.2) is 0 Å². The van der Waals surface area contributed by atoms with Crippen molar-refractivity contribution < 1.29 is 9.84 Å². The molecule has 0 fully saturated rings. The molecule has 4 nitrogen and oxygen atoms in total. The van der Waals surface area contributed by atoms with Crippen LogP contribution < -0.4 is 10.5 Å².